The third-order valence-electron chi connectivity index (χ3n) is 4.03. The fourth-order valence-electron chi connectivity index (χ4n) is 2.52. The van der Waals surface area contributed by atoms with Gasteiger partial charge >= 0.3 is 0 Å². The van der Waals surface area contributed by atoms with E-state index in [0.29, 0.717) is 0 Å². The SMILES string of the molecule is COC1CC(Nc2cc(F)c(I)cc2[N+](=O)[O-])C1(C)C. The van der Waals surface area contributed by atoms with Crippen LogP contribution in [0.1, 0.15) is 20.3 Å². The number of hydrogen-bond donors (Lipinski definition) is 1. The molecule has 0 bridgehead atoms. The summed E-state index contributed by atoms with van der Waals surface area (Å²) in [5, 5.41) is 14.2. The van der Waals surface area contributed by atoms with Crippen LogP contribution in [0.2, 0.25) is 0 Å². The quantitative estimate of drug-likeness (QED) is 0.482. The van der Waals surface area contributed by atoms with Crippen LogP contribution in [0.25, 0.3) is 0 Å². The van der Waals surface area contributed by atoms with Crippen LogP contribution in [0.4, 0.5) is 15.8 Å². The lowest BCUT2D eigenvalue weighted by molar-refractivity contribution is -0.384. The summed E-state index contributed by atoms with van der Waals surface area (Å²) in [7, 11) is 1.65. The molecule has 2 atom stereocenters. The van der Waals surface area contributed by atoms with Gasteiger partial charge in [0.15, 0.2) is 0 Å². The number of nitrogens with zero attached hydrogens (tertiary/aromatic N) is 1. The highest BCUT2D eigenvalue weighted by Gasteiger charge is 2.49. The fraction of sp³-hybridized carbons (Fsp3) is 0.538. The van der Waals surface area contributed by atoms with Crippen LogP contribution < -0.4 is 5.32 Å². The number of methoxy groups -OCH3 is 1. The first-order chi connectivity index (χ1) is 9.27. The van der Waals surface area contributed by atoms with E-state index >= 15 is 0 Å². The standard InChI is InChI=1S/C13H16FIN2O3/c1-13(2)11(6-12(13)20-3)16-9-4-7(14)8(15)5-10(9)17(18)19/h4-5,11-12,16H,6H2,1-3H3. The third kappa shape index (κ3) is 2.60. The van der Waals surface area contributed by atoms with Crippen molar-refractivity contribution < 1.29 is 14.1 Å². The Morgan fingerprint density at radius 1 is 1.55 bits per heavy atom. The minimum atomic E-state index is -0.497. The lowest BCUT2D eigenvalue weighted by Crippen LogP contribution is -2.57. The molecule has 5 nitrogen and oxygen atoms in total. The average molecular weight is 394 g/mol. The number of nitro benzene ring substituents is 1. The highest BCUT2D eigenvalue weighted by atomic mass is 127. The highest BCUT2D eigenvalue weighted by molar-refractivity contribution is 14.1. The van der Waals surface area contributed by atoms with Crippen LogP contribution in [0.5, 0.6) is 0 Å². The predicted octanol–water partition coefficient (Wildman–Crippen LogP) is 3.56. The van der Waals surface area contributed by atoms with Crippen LogP contribution >= 0.6 is 22.6 Å². The Morgan fingerprint density at radius 2 is 2.20 bits per heavy atom. The Morgan fingerprint density at radius 3 is 2.70 bits per heavy atom. The molecule has 1 aromatic carbocycles. The molecule has 2 rings (SSSR count). The Bertz CT molecular complexity index is 551. The largest absolute Gasteiger partial charge is 0.381 e. The number of nitro groups is 1. The Kier molecular flexibility index (Phi) is 4.19. The number of benzene rings is 1. The topological polar surface area (TPSA) is 64.4 Å². The van der Waals surface area contributed by atoms with Crippen molar-refractivity contribution in [1.29, 1.82) is 0 Å². The zero-order valence-corrected chi connectivity index (χ0v) is 13.6. The van der Waals surface area contributed by atoms with Gasteiger partial charge in [-0.2, -0.15) is 0 Å². The van der Waals surface area contributed by atoms with Gasteiger partial charge in [-0.15, -0.1) is 0 Å². The Balaban J connectivity index is 2.26. The van der Waals surface area contributed by atoms with E-state index in [2.05, 4.69) is 5.32 Å². The maximum atomic E-state index is 13.6. The van der Waals surface area contributed by atoms with E-state index in [4.69, 9.17) is 4.74 Å². The molecule has 0 spiro atoms. The van der Waals surface area contributed by atoms with Crippen molar-refractivity contribution in [2.45, 2.75) is 32.4 Å². The van der Waals surface area contributed by atoms with E-state index in [-0.39, 0.29) is 32.5 Å². The molecule has 0 aromatic heterocycles. The van der Waals surface area contributed by atoms with Crippen molar-refractivity contribution in [2.75, 3.05) is 12.4 Å². The summed E-state index contributed by atoms with van der Waals surface area (Å²) in [6.07, 6.45) is 0.849. The fourth-order valence-corrected chi connectivity index (χ4v) is 2.97. The maximum absolute atomic E-state index is 13.6. The van der Waals surface area contributed by atoms with Crippen molar-refractivity contribution in [3.8, 4) is 0 Å². The van der Waals surface area contributed by atoms with Gasteiger partial charge in [0.25, 0.3) is 5.69 Å². The third-order valence-corrected chi connectivity index (χ3v) is 4.85. The predicted molar refractivity (Wildman–Crippen MR) is 82.4 cm³/mol. The molecule has 1 aromatic rings. The molecule has 0 amide bonds. The molecule has 1 aliphatic rings. The number of halogens is 2. The molecule has 0 saturated heterocycles. The lowest BCUT2D eigenvalue weighted by Gasteiger charge is -2.51. The normalized spacial score (nSPS) is 24.1. The molecule has 7 heteroatoms. The summed E-state index contributed by atoms with van der Waals surface area (Å²) in [6, 6.07) is 2.46. The molecule has 2 unspecified atom stereocenters. The number of anilines is 1. The highest BCUT2D eigenvalue weighted by Crippen LogP contribution is 2.45. The van der Waals surface area contributed by atoms with Crippen molar-refractivity contribution in [3.05, 3.63) is 31.6 Å². The van der Waals surface area contributed by atoms with Gasteiger partial charge in [-0.25, -0.2) is 4.39 Å². The zero-order chi connectivity index (χ0) is 15.1. The number of hydrogen-bond acceptors (Lipinski definition) is 4. The molecule has 1 fully saturated rings. The van der Waals surface area contributed by atoms with E-state index in [9.17, 15) is 14.5 Å². The second-order valence-electron chi connectivity index (χ2n) is 5.52. The minimum absolute atomic E-state index is 0.0191. The summed E-state index contributed by atoms with van der Waals surface area (Å²) in [5.74, 6) is -0.459. The van der Waals surface area contributed by atoms with Crippen LogP contribution in [-0.2, 0) is 4.74 Å². The smallest absolute Gasteiger partial charge is 0.293 e. The first kappa shape index (κ1) is 15.4. The minimum Gasteiger partial charge on any atom is -0.381 e. The van der Waals surface area contributed by atoms with Crippen LogP contribution in [0.15, 0.2) is 12.1 Å². The second-order valence-corrected chi connectivity index (χ2v) is 6.68. The molecular formula is C13H16FIN2O3. The Labute approximate surface area is 130 Å². The molecule has 1 saturated carbocycles. The molecule has 1 N–H and O–H groups in total. The van der Waals surface area contributed by atoms with Crippen molar-refractivity contribution in [3.63, 3.8) is 0 Å². The van der Waals surface area contributed by atoms with Crippen molar-refractivity contribution in [2.24, 2.45) is 5.41 Å². The molecule has 0 radical (unpaired) electrons. The van der Waals surface area contributed by atoms with Crippen molar-refractivity contribution >= 4 is 34.0 Å². The zero-order valence-electron chi connectivity index (χ0n) is 11.4. The molecule has 0 aliphatic heterocycles. The molecular weight excluding hydrogens is 378 g/mol. The van der Waals surface area contributed by atoms with Gasteiger partial charge in [0.1, 0.15) is 11.5 Å². The lowest BCUT2D eigenvalue weighted by atomic mass is 9.64. The monoisotopic (exact) mass is 394 g/mol. The molecule has 110 valence electrons. The van der Waals surface area contributed by atoms with Crippen LogP contribution in [0, 0.1) is 24.9 Å². The van der Waals surface area contributed by atoms with Crippen molar-refractivity contribution in [1.82, 2.24) is 0 Å². The molecule has 0 heterocycles. The van der Waals surface area contributed by atoms with Gasteiger partial charge in [-0.1, -0.05) is 13.8 Å². The van der Waals surface area contributed by atoms with Gasteiger partial charge in [0.2, 0.25) is 0 Å². The van der Waals surface area contributed by atoms with Gasteiger partial charge < -0.3 is 10.1 Å². The Hall–Kier alpha value is -0.960. The molecule has 1 aliphatic carbocycles. The summed E-state index contributed by atoms with van der Waals surface area (Å²) >= 11 is 1.75. The van der Waals surface area contributed by atoms with Gasteiger partial charge in [0.05, 0.1) is 14.6 Å². The first-order valence-electron chi connectivity index (χ1n) is 6.20. The molecule has 20 heavy (non-hydrogen) atoms. The van der Waals surface area contributed by atoms with E-state index in [1.807, 2.05) is 13.8 Å². The summed E-state index contributed by atoms with van der Waals surface area (Å²) < 4.78 is 19.2. The number of ether oxygens (including phenoxy) is 1. The first-order valence-corrected chi connectivity index (χ1v) is 7.28. The van der Waals surface area contributed by atoms with Crippen LogP contribution in [-0.4, -0.2) is 24.2 Å². The van der Waals surface area contributed by atoms with Gasteiger partial charge in [-0.05, 0) is 29.0 Å². The van der Waals surface area contributed by atoms with E-state index < -0.39 is 10.7 Å². The second kappa shape index (κ2) is 5.44. The van der Waals surface area contributed by atoms with E-state index in [0.717, 1.165) is 6.42 Å². The van der Waals surface area contributed by atoms with Gasteiger partial charge in [0, 0.05) is 30.7 Å². The number of nitrogens with one attached hydrogen (secondary N) is 1. The number of rotatable bonds is 4. The van der Waals surface area contributed by atoms with Gasteiger partial charge in [-0.3, -0.25) is 10.1 Å². The maximum Gasteiger partial charge on any atom is 0.293 e. The summed E-state index contributed by atoms with van der Waals surface area (Å²) in [4.78, 5) is 10.6. The van der Waals surface area contributed by atoms with E-state index in [1.54, 1.807) is 29.7 Å². The van der Waals surface area contributed by atoms with Crippen LogP contribution in [0.3, 0.4) is 0 Å². The summed E-state index contributed by atoms with van der Waals surface area (Å²) in [5.41, 5.74) is -0.0322. The van der Waals surface area contributed by atoms with E-state index in [1.165, 1.54) is 12.1 Å². The average Bonchev–Trinajstić information content (AvgIpc) is 2.37. The summed E-state index contributed by atoms with van der Waals surface area (Å²) in [6.45, 7) is 4.05.